The summed E-state index contributed by atoms with van der Waals surface area (Å²) in [6.45, 7) is 4.17. The molecule has 0 amide bonds. The number of rotatable bonds is 5. The molecule has 0 spiro atoms. The van der Waals surface area contributed by atoms with E-state index in [-0.39, 0.29) is 21.9 Å². The van der Waals surface area contributed by atoms with Gasteiger partial charge in [0, 0.05) is 17.5 Å². The van der Waals surface area contributed by atoms with Gasteiger partial charge in [-0.1, -0.05) is 0 Å². The van der Waals surface area contributed by atoms with E-state index in [2.05, 4.69) is 9.71 Å². The minimum atomic E-state index is -3.69. The van der Waals surface area contributed by atoms with Crippen LogP contribution < -0.4 is 4.72 Å². The zero-order valence-corrected chi connectivity index (χ0v) is 12.1. The van der Waals surface area contributed by atoms with Crippen molar-refractivity contribution in [3.63, 3.8) is 0 Å². The normalized spacial score (nSPS) is 12.1. The van der Waals surface area contributed by atoms with Gasteiger partial charge in [0.05, 0.1) is 0 Å². The molecule has 0 unspecified atom stereocenters. The van der Waals surface area contributed by atoms with Crippen LogP contribution in [-0.2, 0) is 10.0 Å². The van der Waals surface area contributed by atoms with Crippen molar-refractivity contribution in [1.82, 2.24) is 9.71 Å². The Morgan fingerprint density at radius 2 is 2.22 bits per heavy atom. The van der Waals surface area contributed by atoms with Crippen molar-refractivity contribution in [1.29, 1.82) is 5.26 Å². The van der Waals surface area contributed by atoms with Crippen LogP contribution in [-0.4, -0.2) is 30.9 Å². The first-order chi connectivity index (χ1) is 8.32. The Morgan fingerprint density at radius 1 is 1.56 bits per heavy atom. The molecule has 18 heavy (non-hydrogen) atoms. The smallest absolute Gasteiger partial charge is 0.243 e. The van der Waals surface area contributed by atoms with Crippen LogP contribution in [0.3, 0.4) is 0 Å². The molecular formula is C11H15N3O2S2. The van der Waals surface area contributed by atoms with Gasteiger partial charge in [-0.25, -0.2) is 18.1 Å². The molecule has 0 saturated carbocycles. The molecule has 98 valence electrons. The van der Waals surface area contributed by atoms with Crippen molar-refractivity contribution in [3.8, 4) is 6.07 Å². The third-order valence-electron chi connectivity index (χ3n) is 2.41. The molecule has 0 fully saturated rings. The summed E-state index contributed by atoms with van der Waals surface area (Å²) >= 11 is 1.57. The second kappa shape index (κ2) is 5.69. The van der Waals surface area contributed by atoms with Gasteiger partial charge in [0.2, 0.25) is 10.0 Å². The molecule has 0 aliphatic heterocycles. The van der Waals surface area contributed by atoms with Crippen LogP contribution in [0.4, 0.5) is 0 Å². The minimum Gasteiger partial charge on any atom is -0.244 e. The number of sulfonamides is 1. The number of hydrogen-bond donors (Lipinski definition) is 1. The molecule has 1 rings (SSSR count). The number of nitrogens with zero attached hydrogens (tertiary/aromatic N) is 2. The van der Waals surface area contributed by atoms with Crippen molar-refractivity contribution in [2.24, 2.45) is 0 Å². The summed E-state index contributed by atoms with van der Waals surface area (Å²) < 4.78 is 26.4. The van der Waals surface area contributed by atoms with Gasteiger partial charge in [0.15, 0.2) is 5.69 Å². The van der Waals surface area contributed by atoms with E-state index < -0.39 is 10.0 Å². The zero-order chi connectivity index (χ0) is 13.8. The number of thioether (sulfide) groups is 1. The number of aromatic nitrogens is 1. The van der Waals surface area contributed by atoms with Crippen LogP contribution in [0.15, 0.2) is 23.2 Å². The van der Waals surface area contributed by atoms with Gasteiger partial charge in [0.1, 0.15) is 11.0 Å². The third kappa shape index (κ3) is 3.70. The van der Waals surface area contributed by atoms with E-state index in [1.165, 1.54) is 18.3 Å². The number of nitrogens with one attached hydrogen (secondary N) is 1. The Balaban J connectivity index is 2.98. The standard InChI is InChI=1S/C11H15N3O2S2/c1-11(2,17-3)8-14-18(15,16)10-5-4-6-13-9(10)7-12/h4-6,14H,8H2,1-3H3. The lowest BCUT2D eigenvalue weighted by Gasteiger charge is -2.22. The summed E-state index contributed by atoms with van der Waals surface area (Å²) in [4.78, 5) is 3.66. The second-order valence-electron chi connectivity index (χ2n) is 4.25. The predicted octanol–water partition coefficient (Wildman–Crippen LogP) is 1.37. The maximum Gasteiger partial charge on any atom is 0.243 e. The van der Waals surface area contributed by atoms with Crippen molar-refractivity contribution in [2.45, 2.75) is 23.5 Å². The van der Waals surface area contributed by atoms with E-state index in [9.17, 15) is 8.42 Å². The summed E-state index contributed by atoms with van der Waals surface area (Å²) in [6, 6.07) is 4.65. The fourth-order valence-electron chi connectivity index (χ4n) is 1.11. The molecule has 0 saturated heterocycles. The van der Waals surface area contributed by atoms with Gasteiger partial charge in [-0.15, -0.1) is 0 Å². The van der Waals surface area contributed by atoms with E-state index in [0.29, 0.717) is 0 Å². The molecule has 1 aromatic heterocycles. The Kier molecular flexibility index (Phi) is 4.73. The fourth-order valence-corrected chi connectivity index (χ4v) is 2.73. The quantitative estimate of drug-likeness (QED) is 0.883. The Bertz CT molecular complexity index is 562. The lowest BCUT2D eigenvalue weighted by molar-refractivity contribution is 0.570. The van der Waals surface area contributed by atoms with Gasteiger partial charge in [-0.2, -0.15) is 17.0 Å². The van der Waals surface area contributed by atoms with E-state index in [4.69, 9.17) is 5.26 Å². The first-order valence-corrected chi connectivity index (χ1v) is 7.93. The molecule has 0 radical (unpaired) electrons. The van der Waals surface area contributed by atoms with E-state index in [1.807, 2.05) is 20.1 Å². The highest BCUT2D eigenvalue weighted by Crippen LogP contribution is 2.21. The van der Waals surface area contributed by atoms with Crippen molar-refractivity contribution in [2.75, 3.05) is 12.8 Å². The summed E-state index contributed by atoms with van der Waals surface area (Å²) in [5.41, 5.74) is -0.0908. The Hall–Kier alpha value is -1.10. The highest BCUT2D eigenvalue weighted by Gasteiger charge is 2.23. The average Bonchev–Trinajstić information content (AvgIpc) is 2.37. The average molecular weight is 285 g/mol. The topological polar surface area (TPSA) is 82.8 Å². The number of pyridine rings is 1. The molecule has 1 N–H and O–H groups in total. The lowest BCUT2D eigenvalue weighted by Crippen LogP contribution is -2.36. The SMILES string of the molecule is CSC(C)(C)CNS(=O)(=O)c1cccnc1C#N. The molecule has 5 nitrogen and oxygen atoms in total. The maximum atomic E-state index is 12.1. The first-order valence-electron chi connectivity index (χ1n) is 5.22. The summed E-state index contributed by atoms with van der Waals surface area (Å²) in [6.07, 6.45) is 3.31. The third-order valence-corrected chi connectivity index (χ3v) is 5.09. The van der Waals surface area contributed by atoms with Crippen LogP contribution in [0.25, 0.3) is 0 Å². The Morgan fingerprint density at radius 3 is 2.78 bits per heavy atom. The molecule has 1 heterocycles. The van der Waals surface area contributed by atoms with Crippen LogP contribution >= 0.6 is 11.8 Å². The highest BCUT2D eigenvalue weighted by atomic mass is 32.2. The molecule has 7 heteroatoms. The summed E-state index contributed by atoms with van der Waals surface area (Å²) in [5, 5.41) is 8.85. The number of nitriles is 1. The molecular weight excluding hydrogens is 270 g/mol. The molecule has 0 atom stereocenters. The summed E-state index contributed by atoms with van der Waals surface area (Å²) in [7, 11) is -3.69. The van der Waals surface area contributed by atoms with Crippen LogP contribution in [0.5, 0.6) is 0 Å². The molecule has 0 aliphatic carbocycles. The van der Waals surface area contributed by atoms with Crippen LogP contribution in [0, 0.1) is 11.3 Å². The maximum absolute atomic E-state index is 12.1. The van der Waals surface area contributed by atoms with Gasteiger partial charge in [-0.3, -0.25) is 0 Å². The second-order valence-corrected chi connectivity index (χ2v) is 7.50. The van der Waals surface area contributed by atoms with E-state index in [1.54, 1.807) is 17.8 Å². The van der Waals surface area contributed by atoms with Gasteiger partial charge in [0.25, 0.3) is 0 Å². The molecule has 0 bridgehead atoms. The zero-order valence-electron chi connectivity index (χ0n) is 10.5. The van der Waals surface area contributed by atoms with E-state index in [0.717, 1.165) is 0 Å². The van der Waals surface area contributed by atoms with Gasteiger partial charge < -0.3 is 0 Å². The predicted molar refractivity (Wildman–Crippen MR) is 71.7 cm³/mol. The summed E-state index contributed by atoms with van der Waals surface area (Å²) in [5.74, 6) is 0. The number of hydrogen-bond acceptors (Lipinski definition) is 5. The van der Waals surface area contributed by atoms with Gasteiger partial charge >= 0.3 is 0 Å². The largest absolute Gasteiger partial charge is 0.244 e. The fraction of sp³-hybridized carbons (Fsp3) is 0.455. The minimum absolute atomic E-state index is 0.0793. The molecule has 1 aromatic rings. The van der Waals surface area contributed by atoms with Crippen molar-refractivity contribution in [3.05, 3.63) is 24.0 Å². The lowest BCUT2D eigenvalue weighted by atomic mass is 10.2. The monoisotopic (exact) mass is 285 g/mol. The van der Waals surface area contributed by atoms with Crippen molar-refractivity contribution >= 4 is 21.8 Å². The van der Waals surface area contributed by atoms with Crippen LogP contribution in [0.2, 0.25) is 0 Å². The highest BCUT2D eigenvalue weighted by molar-refractivity contribution is 8.00. The molecule has 0 aliphatic rings. The first kappa shape index (κ1) is 15.0. The van der Waals surface area contributed by atoms with Gasteiger partial charge in [-0.05, 0) is 32.2 Å². The van der Waals surface area contributed by atoms with E-state index >= 15 is 0 Å². The Labute approximate surface area is 112 Å². The van der Waals surface area contributed by atoms with Crippen molar-refractivity contribution < 1.29 is 8.42 Å². The molecule has 0 aromatic carbocycles. The van der Waals surface area contributed by atoms with Crippen LogP contribution in [0.1, 0.15) is 19.5 Å².